The fourth-order valence-electron chi connectivity index (χ4n) is 1.52. The van der Waals surface area contributed by atoms with Crippen molar-refractivity contribution in [3.8, 4) is 5.88 Å². The molecule has 0 radical (unpaired) electrons. The summed E-state index contributed by atoms with van der Waals surface area (Å²) in [4.78, 5) is 8.41. The SMILES string of the molecule is CCOc1ncnc(NC(CC)CSC)c1C. The molecule has 0 saturated carbocycles. The maximum atomic E-state index is 5.46. The summed E-state index contributed by atoms with van der Waals surface area (Å²) < 4.78 is 5.46. The Morgan fingerprint density at radius 2 is 2.18 bits per heavy atom. The van der Waals surface area contributed by atoms with Crippen molar-refractivity contribution in [2.75, 3.05) is 23.9 Å². The molecule has 96 valence electrons. The zero-order valence-electron chi connectivity index (χ0n) is 11.0. The van der Waals surface area contributed by atoms with Crippen LogP contribution in [-0.4, -0.2) is 34.6 Å². The second-order valence-electron chi connectivity index (χ2n) is 3.79. The third kappa shape index (κ3) is 4.07. The molecule has 0 fully saturated rings. The molecule has 0 bridgehead atoms. The third-order valence-corrected chi connectivity index (χ3v) is 3.26. The number of hydrogen-bond donors (Lipinski definition) is 1. The first kappa shape index (κ1) is 14.1. The highest BCUT2D eigenvalue weighted by Crippen LogP contribution is 2.21. The van der Waals surface area contributed by atoms with Gasteiger partial charge >= 0.3 is 0 Å². The number of nitrogens with zero attached hydrogens (tertiary/aromatic N) is 2. The highest BCUT2D eigenvalue weighted by atomic mass is 32.2. The first-order valence-electron chi connectivity index (χ1n) is 5.92. The van der Waals surface area contributed by atoms with Gasteiger partial charge in [-0.1, -0.05) is 6.92 Å². The van der Waals surface area contributed by atoms with Crippen molar-refractivity contribution in [3.05, 3.63) is 11.9 Å². The third-order valence-electron chi connectivity index (χ3n) is 2.52. The second-order valence-corrected chi connectivity index (χ2v) is 4.70. The quantitative estimate of drug-likeness (QED) is 0.811. The van der Waals surface area contributed by atoms with E-state index >= 15 is 0 Å². The molecule has 0 spiro atoms. The van der Waals surface area contributed by atoms with Gasteiger partial charge in [-0.05, 0) is 26.5 Å². The summed E-state index contributed by atoms with van der Waals surface area (Å²) in [5.74, 6) is 2.62. The molecular weight excluding hydrogens is 234 g/mol. The molecule has 0 saturated heterocycles. The largest absolute Gasteiger partial charge is 0.478 e. The lowest BCUT2D eigenvalue weighted by Crippen LogP contribution is -2.22. The Bertz CT molecular complexity index is 347. The maximum Gasteiger partial charge on any atom is 0.221 e. The predicted molar refractivity (Wildman–Crippen MR) is 74.0 cm³/mol. The van der Waals surface area contributed by atoms with E-state index in [0.29, 0.717) is 18.5 Å². The summed E-state index contributed by atoms with van der Waals surface area (Å²) in [6, 6.07) is 0.438. The fraction of sp³-hybridized carbons (Fsp3) is 0.667. The Labute approximate surface area is 108 Å². The van der Waals surface area contributed by atoms with Gasteiger partial charge in [-0.2, -0.15) is 11.8 Å². The molecule has 4 nitrogen and oxygen atoms in total. The Hall–Kier alpha value is -0.970. The number of nitrogens with one attached hydrogen (secondary N) is 1. The number of ether oxygens (including phenoxy) is 1. The first-order valence-corrected chi connectivity index (χ1v) is 7.32. The summed E-state index contributed by atoms with van der Waals surface area (Å²) in [6.07, 6.45) is 4.74. The van der Waals surface area contributed by atoms with Crippen molar-refractivity contribution >= 4 is 17.6 Å². The monoisotopic (exact) mass is 255 g/mol. The molecule has 1 N–H and O–H groups in total. The van der Waals surface area contributed by atoms with Gasteiger partial charge < -0.3 is 10.1 Å². The van der Waals surface area contributed by atoms with Crippen LogP contribution in [0.5, 0.6) is 5.88 Å². The lowest BCUT2D eigenvalue weighted by Gasteiger charge is -2.18. The van der Waals surface area contributed by atoms with Gasteiger partial charge in [0, 0.05) is 11.8 Å². The van der Waals surface area contributed by atoms with Crippen molar-refractivity contribution in [3.63, 3.8) is 0 Å². The minimum absolute atomic E-state index is 0.438. The molecule has 0 aliphatic rings. The molecule has 17 heavy (non-hydrogen) atoms. The van der Waals surface area contributed by atoms with Crippen molar-refractivity contribution in [2.45, 2.75) is 33.2 Å². The molecule has 1 aromatic heterocycles. The van der Waals surface area contributed by atoms with Crippen LogP contribution in [0.3, 0.4) is 0 Å². The summed E-state index contributed by atoms with van der Waals surface area (Å²) in [5, 5.41) is 3.44. The van der Waals surface area contributed by atoms with E-state index in [2.05, 4.69) is 28.5 Å². The molecule has 5 heteroatoms. The van der Waals surface area contributed by atoms with Gasteiger partial charge in [0.05, 0.1) is 12.2 Å². The minimum atomic E-state index is 0.438. The number of anilines is 1. The average Bonchev–Trinajstić information content (AvgIpc) is 2.33. The summed E-state index contributed by atoms with van der Waals surface area (Å²) in [6.45, 7) is 6.74. The van der Waals surface area contributed by atoms with E-state index in [9.17, 15) is 0 Å². The predicted octanol–water partition coefficient (Wildman–Crippen LogP) is 2.74. The highest BCUT2D eigenvalue weighted by Gasteiger charge is 2.11. The standard InChI is InChI=1S/C12H21N3OS/c1-5-10(7-17-4)15-11-9(3)12(16-6-2)14-8-13-11/h8,10H,5-7H2,1-4H3,(H,13,14,15). The lowest BCUT2D eigenvalue weighted by molar-refractivity contribution is 0.324. The zero-order chi connectivity index (χ0) is 12.7. The Balaban J connectivity index is 2.79. The zero-order valence-corrected chi connectivity index (χ0v) is 11.8. The van der Waals surface area contributed by atoms with E-state index in [0.717, 1.165) is 23.6 Å². The van der Waals surface area contributed by atoms with E-state index in [4.69, 9.17) is 4.74 Å². The molecule has 1 heterocycles. The maximum absolute atomic E-state index is 5.46. The number of rotatable bonds is 7. The van der Waals surface area contributed by atoms with E-state index < -0.39 is 0 Å². The normalized spacial score (nSPS) is 12.2. The second kappa shape index (κ2) is 7.37. The molecule has 0 aliphatic carbocycles. The summed E-state index contributed by atoms with van der Waals surface area (Å²) >= 11 is 1.84. The van der Waals surface area contributed by atoms with Crippen molar-refractivity contribution in [2.24, 2.45) is 0 Å². The van der Waals surface area contributed by atoms with Gasteiger partial charge in [-0.3, -0.25) is 0 Å². The minimum Gasteiger partial charge on any atom is -0.478 e. The smallest absolute Gasteiger partial charge is 0.221 e. The molecule has 0 aliphatic heterocycles. The highest BCUT2D eigenvalue weighted by molar-refractivity contribution is 7.98. The molecule has 1 atom stereocenters. The van der Waals surface area contributed by atoms with E-state index in [1.165, 1.54) is 0 Å². The summed E-state index contributed by atoms with van der Waals surface area (Å²) in [7, 11) is 0. The van der Waals surface area contributed by atoms with Crippen LogP contribution in [0.4, 0.5) is 5.82 Å². The van der Waals surface area contributed by atoms with Crippen molar-refractivity contribution in [1.82, 2.24) is 9.97 Å². The molecule has 0 amide bonds. The molecule has 1 unspecified atom stereocenters. The van der Waals surface area contributed by atoms with Gasteiger partial charge in [0.2, 0.25) is 5.88 Å². The average molecular weight is 255 g/mol. The molecule has 0 aromatic carbocycles. The Morgan fingerprint density at radius 1 is 1.41 bits per heavy atom. The van der Waals surface area contributed by atoms with Crippen molar-refractivity contribution in [1.29, 1.82) is 0 Å². The van der Waals surface area contributed by atoms with E-state index in [1.54, 1.807) is 6.33 Å². The van der Waals surface area contributed by atoms with Gasteiger partial charge in [-0.25, -0.2) is 9.97 Å². The topological polar surface area (TPSA) is 47.0 Å². The van der Waals surface area contributed by atoms with Gasteiger partial charge in [-0.15, -0.1) is 0 Å². The van der Waals surface area contributed by atoms with Crippen LogP contribution in [0.15, 0.2) is 6.33 Å². The first-order chi connectivity index (χ1) is 8.22. The van der Waals surface area contributed by atoms with Gasteiger partial charge in [0.15, 0.2) is 0 Å². The molecule has 1 rings (SSSR count). The lowest BCUT2D eigenvalue weighted by atomic mass is 10.2. The van der Waals surface area contributed by atoms with Crippen LogP contribution in [0.25, 0.3) is 0 Å². The van der Waals surface area contributed by atoms with Crippen LogP contribution in [0.1, 0.15) is 25.8 Å². The van der Waals surface area contributed by atoms with Crippen molar-refractivity contribution < 1.29 is 4.74 Å². The van der Waals surface area contributed by atoms with Gasteiger partial charge in [0.1, 0.15) is 12.1 Å². The summed E-state index contributed by atoms with van der Waals surface area (Å²) in [5.41, 5.74) is 0.980. The Morgan fingerprint density at radius 3 is 2.76 bits per heavy atom. The van der Waals surface area contributed by atoms with Crippen LogP contribution in [-0.2, 0) is 0 Å². The fourth-order valence-corrected chi connectivity index (χ4v) is 2.24. The molecule has 1 aromatic rings. The van der Waals surface area contributed by atoms with Crippen LogP contribution >= 0.6 is 11.8 Å². The van der Waals surface area contributed by atoms with Crippen LogP contribution < -0.4 is 10.1 Å². The van der Waals surface area contributed by atoms with Gasteiger partial charge in [0.25, 0.3) is 0 Å². The number of thioether (sulfide) groups is 1. The van der Waals surface area contributed by atoms with Crippen LogP contribution in [0.2, 0.25) is 0 Å². The Kier molecular flexibility index (Phi) is 6.11. The number of aromatic nitrogens is 2. The van der Waals surface area contributed by atoms with E-state index in [1.807, 2.05) is 25.6 Å². The molecular formula is C12H21N3OS. The van der Waals surface area contributed by atoms with Crippen LogP contribution in [0, 0.1) is 6.92 Å². The van der Waals surface area contributed by atoms with E-state index in [-0.39, 0.29) is 0 Å². The number of hydrogen-bond acceptors (Lipinski definition) is 5.